The Labute approximate surface area is 117 Å². The van der Waals surface area contributed by atoms with E-state index < -0.39 is 0 Å². The molecule has 1 aromatic heterocycles. The van der Waals surface area contributed by atoms with Crippen LogP contribution in [0.25, 0.3) is 0 Å². The second-order valence-electron chi connectivity index (χ2n) is 5.57. The number of halogens is 1. The van der Waals surface area contributed by atoms with E-state index in [-0.39, 0.29) is 0 Å². The molecule has 1 aromatic rings. The van der Waals surface area contributed by atoms with E-state index in [1.165, 1.54) is 38.8 Å². The van der Waals surface area contributed by atoms with Crippen molar-refractivity contribution in [3.63, 3.8) is 0 Å². The van der Waals surface area contributed by atoms with Crippen LogP contribution in [0.4, 0.5) is 0 Å². The number of nitrogens with one attached hydrogen (secondary N) is 1. The van der Waals surface area contributed by atoms with Gasteiger partial charge in [-0.2, -0.15) is 0 Å². The van der Waals surface area contributed by atoms with Crippen molar-refractivity contribution in [3.8, 4) is 0 Å². The van der Waals surface area contributed by atoms with Gasteiger partial charge in [0.25, 0.3) is 0 Å². The zero-order chi connectivity index (χ0) is 12.5. The lowest BCUT2D eigenvalue weighted by Crippen LogP contribution is -2.43. The summed E-state index contributed by atoms with van der Waals surface area (Å²) < 4.78 is 6.41. The molecule has 0 bridgehead atoms. The van der Waals surface area contributed by atoms with Gasteiger partial charge in [0.1, 0.15) is 5.76 Å². The summed E-state index contributed by atoms with van der Waals surface area (Å²) in [4.78, 5) is 2.66. The summed E-state index contributed by atoms with van der Waals surface area (Å²) in [5.74, 6) is 1.02. The van der Waals surface area contributed by atoms with E-state index in [0.717, 1.165) is 16.5 Å². The molecule has 3 rings (SSSR count). The highest BCUT2D eigenvalue weighted by Gasteiger charge is 2.32. The van der Waals surface area contributed by atoms with Crippen molar-refractivity contribution in [3.05, 3.63) is 22.6 Å². The van der Waals surface area contributed by atoms with E-state index in [4.69, 9.17) is 4.42 Å². The van der Waals surface area contributed by atoms with Crippen LogP contribution in [0.5, 0.6) is 0 Å². The second-order valence-corrected chi connectivity index (χ2v) is 6.35. The van der Waals surface area contributed by atoms with Crippen LogP contribution in [-0.2, 0) is 0 Å². The molecule has 0 spiro atoms. The predicted octanol–water partition coefficient (Wildman–Crippen LogP) is 3.32. The Morgan fingerprint density at radius 3 is 2.56 bits per heavy atom. The third-order valence-corrected chi connectivity index (χ3v) is 4.53. The van der Waals surface area contributed by atoms with Gasteiger partial charge in [-0.25, -0.2) is 0 Å². The molecule has 1 saturated heterocycles. The van der Waals surface area contributed by atoms with E-state index in [9.17, 15) is 0 Å². The van der Waals surface area contributed by atoms with Gasteiger partial charge in [0.05, 0.1) is 6.04 Å². The van der Waals surface area contributed by atoms with E-state index in [0.29, 0.717) is 12.1 Å². The van der Waals surface area contributed by atoms with E-state index >= 15 is 0 Å². The first-order valence-corrected chi connectivity index (χ1v) is 7.77. The Morgan fingerprint density at radius 2 is 2.00 bits per heavy atom. The Bertz CT molecular complexity index is 394. The van der Waals surface area contributed by atoms with Gasteiger partial charge in [-0.15, -0.1) is 0 Å². The first kappa shape index (κ1) is 12.7. The van der Waals surface area contributed by atoms with Crippen molar-refractivity contribution < 1.29 is 4.42 Å². The normalized spacial score (nSPS) is 24.3. The lowest BCUT2D eigenvalue weighted by Gasteiger charge is -2.33. The zero-order valence-corrected chi connectivity index (χ0v) is 12.4. The number of piperidine rings is 1. The largest absolute Gasteiger partial charge is 0.453 e. The highest BCUT2D eigenvalue weighted by molar-refractivity contribution is 9.10. The van der Waals surface area contributed by atoms with Crippen molar-refractivity contribution in [2.24, 2.45) is 0 Å². The van der Waals surface area contributed by atoms with E-state index in [1.807, 2.05) is 12.1 Å². The first-order chi connectivity index (χ1) is 8.72. The topological polar surface area (TPSA) is 28.4 Å². The molecular formula is C14H21BrN2O. The number of rotatable bonds is 4. The minimum atomic E-state index is 0.300. The fourth-order valence-corrected chi connectivity index (χ4v) is 3.19. The summed E-state index contributed by atoms with van der Waals surface area (Å²) in [5, 5.41) is 3.69. The maximum absolute atomic E-state index is 5.60. The Hall–Kier alpha value is -0.320. The summed E-state index contributed by atoms with van der Waals surface area (Å²) in [6, 6.07) is 5.86. The predicted molar refractivity (Wildman–Crippen MR) is 75.6 cm³/mol. The smallest absolute Gasteiger partial charge is 0.169 e. The van der Waals surface area contributed by atoms with Crippen molar-refractivity contribution in [1.82, 2.24) is 10.2 Å². The number of furan rings is 1. The summed E-state index contributed by atoms with van der Waals surface area (Å²) in [5.41, 5.74) is 0. The Kier molecular flexibility index (Phi) is 3.78. The SMILES string of the molecule is CC(NC1CCN(C2CC2)CC1)c1ccc(Br)o1. The average molecular weight is 313 g/mol. The molecule has 1 aliphatic carbocycles. The van der Waals surface area contributed by atoms with Crippen LogP contribution in [-0.4, -0.2) is 30.1 Å². The zero-order valence-electron chi connectivity index (χ0n) is 10.9. The summed E-state index contributed by atoms with van der Waals surface area (Å²) >= 11 is 3.36. The highest BCUT2D eigenvalue weighted by Crippen LogP contribution is 2.30. The molecule has 18 heavy (non-hydrogen) atoms. The average Bonchev–Trinajstić information content (AvgIpc) is 3.12. The van der Waals surface area contributed by atoms with Gasteiger partial charge in [-0.3, -0.25) is 0 Å². The molecule has 1 aliphatic heterocycles. The molecule has 100 valence electrons. The van der Waals surface area contributed by atoms with Gasteiger partial charge in [-0.1, -0.05) is 0 Å². The Morgan fingerprint density at radius 1 is 1.28 bits per heavy atom. The van der Waals surface area contributed by atoms with Crippen LogP contribution < -0.4 is 5.32 Å². The quantitative estimate of drug-likeness (QED) is 0.924. The molecule has 1 N–H and O–H groups in total. The standard InChI is InChI=1S/C14H21BrN2O/c1-10(13-4-5-14(15)18-13)16-11-6-8-17(9-7-11)12-2-3-12/h4-5,10-12,16H,2-3,6-9H2,1H3. The van der Waals surface area contributed by atoms with Crippen molar-refractivity contribution >= 4 is 15.9 Å². The fraction of sp³-hybridized carbons (Fsp3) is 0.714. The molecule has 2 fully saturated rings. The minimum absolute atomic E-state index is 0.300. The lowest BCUT2D eigenvalue weighted by atomic mass is 10.0. The molecule has 4 heteroatoms. The number of hydrogen-bond acceptors (Lipinski definition) is 3. The van der Waals surface area contributed by atoms with Gasteiger partial charge in [0, 0.05) is 12.1 Å². The molecule has 2 aliphatic rings. The van der Waals surface area contributed by atoms with Gasteiger partial charge < -0.3 is 14.6 Å². The van der Waals surface area contributed by atoms with Crippen LogP contribution in [0.3, 0.4) is 0 Å². The molecule has 1 saturated carbocycles. The van der Waals surface area contributed by atoms with E-state index in [1.54, 1.807) is 0 Å². The number of hydrogen-bond donors (Lipinski definition) is 1. The van der Waals surface area contributed by atoms with Crippen LogP contribution in [0.2, 0.25) is 0 Å². The molecule has 0 radical (unpaired) electrons. The first-order valence-electron chi connectivity index (χ1n) is 6.97. The van der Waals surface area contributed by atoms with Gasteiger partial charge in [-0.05, 0) is 73.8 Å². The van der Waals surface area contributed by atoms with Crippen molar-refractivity contribution in [1.29, 1.82) is 0 Å². The van der Waals surface area contributed by atoms with Crippen molar-refractivity contribution in [2.45, 2.75) is 50.7 Å². The number of likely N-dealkylation sites (tertiary alicyclic amines) is 1. The highest BCUT2D eigenvalue weighted by atomic mass is 79.9. The van der Waals surface area contributed by atoms with Crippen molar-refractivity contribution in [2.75, 3.05) is 13.1 Å². The molecule has 1 unspecified atom stereocenters. The monoisotopic (exact) mass is 312 g/mol. The minimum Gasteiger partial charge on any atom is -0.453 e. The fourth-order valence-electron chi connectivity index (χ4n) is 2.87. The summed E-state index contributed by atoms with van der Waals surface area (Å²) in [6.45, 7) is 4.70. The Balaban J connectivity index is 1.48. The maximum Gasteiger partial charge on any atom is 0.169 e. The summed E-state index contributed by atoms with van der Waals surface area (Å²) in [7, 11) is 0. The second kappa shape index (κ2) is 5.35. The molecule has 3 nitrogen and oxygen atoms in total. The lowest BCUT2D eigenvalue weighted by molar-refractivity contribution is 0.181. The van der Waals surface area contributed by atoms with Gasteiger partial charge >= 0.3 is 0 Å². The van der Waals surface area contributed by atoms with Crippen LogP contribution in [0, 0.1) is 0 Å². The molecule has 1 atom stereocenters. The van der Waals surface area contributed by atoms with Gasteiger partial charge in [0.15, 0.2) is 4.67 Å². The molecular weight excluding hydrogens is 292 g/mol. The third-order valence-electron chi connectivity index (χ3n) is 4.10. The summed E-state index contributed by atoms with van der Waals surface area (Å²) in [6.07, 6.45) is 5.38. The van der Waals surface area contributed by atoms with E-state index in [2.05, 4.69) is 33.1 Å². The maximum atomic E-state index is 5.60. The van der Waals surface area contributed by atoms with Gasteiger partial charge in [0.2, 0.25) is 0 Å². The third kappa shape index (κ3) is 2.98. The van der Waals surface area contributed by atoms with Crippen LogP contribution in [0.15, 0.2) is 21.2 Å². The van der Waals surface area contributed by atoms with Crippen LogP contribution in [0.1, 0.15) is 44.4 Å². The molecule has 0 amide bonds. The molecule has 0 aromatic carbocycles. The number of nitrogens with zero attached hydrogens (tertiary/aromatic N) is 1. The van der Waals surface area contributed by atoms with Crippen LogP contribution >= 0.6 is 15.9 Å². The molecule has 2 heterocycles.